The topological polar surface area (TPSA) is 85.6 Å². The Morgan fingerprint density at radius 1 is 1.29 bits per heavy atom. The average Bonchev–Trinajstić information content (AvgIpc) is 3.14. The smallest absolute Gasteiger partial charge is 0.408 e. The predicted octanol–water partition coefficient (Wildman–Crippen LogP) is 4.88. The molecule has 1 aromatic heterocycles. The van der Waals surface area contributed by atoms with Crippen LogP contribution in [0.25, 0.3) is 0 Å². The van der Waals surface area contributed by atoms with Crippen molar-refractivity contribution in [3.63, 3.8) is 0 Å². The van der Waals surface area contributed by atoms with Crippen LogP contribution in [0.5, 0.6) is 5.75 Å². The van der Waals surface area contributed by atoms with Gasteiger partial charge in [0.1, 0.15) is 22.7 Å². The number of amides is 1. The van der Waals surface area contributed by atoms with Crippen LogP contribution in [-0.2, 0) is 10.3 Å². The van der Waals surface area contributed by atoms with Gasteiger partial charge >= 0.3 is 6.09 Å². The van der Waals surface area contributed by atoms with Crippen LogP contribution < -0.4 is 21.1 Å². The molecule has 2 heterocycles. The number of hydrogen-bond acceptors (Lipinski definition) is 6. The molecule has 4 N–H and O–H groups in total. The molecule has 0 fully saturated rings. The summed E-state index contributed by atoms with van der Waals surface area (Å²) in [5.41, 5.74) is 6.37. The molecular weight excluding hydrogens is 374 g/mol. The predicted molar refractivity (Wildman–Crippen MR) is 112 cm³/mol. The maximum atomic E-state index is 12.6. The van der Waals surface area contributed by atoms with Crippen LogP contribution in [0, 0.1) is 0 Å². The summed E-state index contributed by atoms with van der Waals surface area (Å²) in [5.74, 6) is 1.93. The van der Waals surface area contributed by atoms with Crippen LogP contribution in [0.1, 0.15) is 51.5 Å². The van der Waals surface area contributed by atoms with Gasteiger partial charge in [-0.05, 0) is 56.8 Å². The molecule has 0 saturated carbocycles. The number of alkyl carbamates (subject to hydrolysis) is 1. The van der Waals surface area contributed by atoms with Crippen LogP contribution in [0.4, 0.5) is 10.5 Å². The number of allylic oxidation sites excluding steroid dienone is 1. The molecule has 0 saturated heterocycles. The van der Waals surface area contributed by atoms with Crippen LogP contribution in [0.3, 0.4) is 0 Å². The van der Waals surface area contributed by atoms with Crippen LogP contribution in [-0.4, -0.2) is 11.7 Å². The van der Waals surface area contributed by atoms with E-state index in [2.05, 4.69) is 10.6 Å². The Kier molecular flexibility index (Phi) is 5.30. The first-order valence-corrected chi connectivity index (χ1v) is 10.1. The summed E-state index contributed by atoms with van der Waals surface area (Å²) < 4.78 is 11.4. The van der Waals surface area contributed by atoms with Crippen molar-refractivity contribution in [3.8, 4) is 5.75 Å². The average molecular weight is 402 g/mol. The van der Waals surface area contributed by atoms with Gasteiger partial charge in [-0.2, -0.15) is 0 Å². The zero-order valence-electron chi connectivity index (χ0n) is 16.9. The Bertz CT molecular complexity index is 900. The molecule has 28 heavy (non-hydrogen) atoms. The molecule has 1 atom stereocenters. The first-order valence-electron chi connectivity index (χ1n) is 9.25. The molecule has 0 bridgehead atoms. The van der Waals surface area contributed by atoms with Crippen LogP contribution >= 0.6 is 11.3 Å². The number of ether oxygens (including phenoxy) is 2. The molecule has 1 aromatic carbocycles. The number of nitrogens with two attached hydrogens (primary N) is 1. The summed E-state index contributed by atoms with van der Waals surface area (Å²) in [6.07, 6.45) is 0.227. The minimum Gasteiger partial charge on any atom is -0.456 e. The van der Waals surface area contributed by atoms with E-state index in [0.717, 1.165) is 16.1 Å². The van der Waals surface area contributed by atoms with Gasteiger partial charge in [-0.3, -0.25) is 0 Å². The molecular formula is C21H27N3O3S. The van der Waals surface area contributed by atoms with E-state index in [9.17, 15) is 4.79 Å². The Balaban J connectivity index is 1.97. The van der Waals surface area contributed by atoms with E-state index >= 15 is 0 Å². The number of fused-ring (bicyclic) bond motifs is 1. The summed E-state index contributed by atoms with van der Waals surface area (Å²) in [5, 5.41) is 8.23. The van der Waals surface area contributed by atoms with Gasteiger partial charge in [0.25, 0.3) is 0 Å². The Morgan fingerprint density at radius 2 is 2.04 bits per heavy atom. The van der Waals surface area contributed by atoms with Crippen LogP contribution in [0.2, 0.25) is 0 Å². The Morgan fingerprint density at radius 3 is 2.64 bits per heavy atom. The molecule has 150 valence electrons. The lowest BCUT2D eigenvalue weighted by molar-refractivity contribution is 0.0481. The van der Waals surface area contributed by atoms with Crippen molar-refractivity contribution in [2.24, 2.45) is 5.73 Å². The summed E-state index contributed by atoms with van der Waals surface area (Å²) in [6.45, 7) is 9.48. The fraction of sp³-hybridized carbons (Fsp3) is 0.381. The molecule has 1 aliphatic rings. The van der Waals surface area contributed by atoms with Gasteiger partial charge in [-0.1, -0.05) is 19.1 Å². The van der Waals surface area contributed by atoms with Crippen molar-refractivity contribution in [3.05, 3.63) is 57.7 Å². The van der Waals surface area contributed by atoms with E-state index in [0.29, 0.717) is 23.8 Å². The fourth-order valence-corrected chi connectivity index (χ4v) is 3.91. The van der Waals surface area contributed by atoms with Gasteiger partial charge in [-0.15, -0.1) is 11.3 Å². The van der Waals surface area contributed by atoms with Crippen molar-refractivity contribution in [1.29, 1.82) is 0 Å². The monoisotopic (exact) mass is 401 g/mol. The number of nitrogens with one attached hydrogen (secondary N) is 2. The summed E-state index contributed by atoms with van der Waals surface area (Å²) in [6, 6.07) is 9.75. The van der Waals surface area contributed by atoms with Gasteiger partial charge in [0.2, 0.25) is 0 Å². The second-order valence-electron chi connectivity index (χ2n) is 7.86. The number of carbonyl (C=O) groups excluding carboxylic acids is 1. The third-order valence-electron chi connectivity index (χ3n) is 4.45. The van der Waals surface area contributed by atoms with Gasteiger partial charge < -0.3 is 25.8 Å². The van der Waals surface area contributed by atoms with E-state index in [4.69, 9.17) is 15.2 Å². The minimum absolute atomic E-state index is 0.474. The second kappa shape index (κ2) is 7.39. The standard InChI is InChI=1S/C21H27N3O3S/c1-6-15-18(22)23-14-12-13(9-10-16(14)26-15)21(5,17-8-7-11-28-17)24-19(25)27-20(2,3)4/h7-12,23H,6,22H2,1-5H3,(H,24,25). The molecule has 2 aromatic rings. The number of thiophene rings is 1. The molecule has 0 radical (unpaired) electrons. The van der Waals surface area contributed by atoms with Crippen molar-refractivity contribution < 1.29 is 14.3 Å². The lowest BCUT2D eigenvalue weighted by atomic mass is 9.89. The van der Waals surface area contributed by atoms with E-state index in [-0.39, 0.29) is 0 Å². The van der Waals surface area contributed by atoms with Crippen LogP contribution in [0.15, 0.2) is 47.3 Å². The minimum atomic E-state index is -0.767. The molecule has 7 heteroatoms. The van der Waals surface area contributed by atoms with Gasteiger partial charge in [0.15, 0.2) is 5.75 Å². The molecule has 3 rings (SSSR count). The van der Waals surface area contributed by atoms with E-state index in [1.165, 1.54) is 0 Å². The highest BCUT2D eigenvalue weighted by atomic mass is 32.1. The Hall–Kier alpha value is -2.67. The van der Waals surface area contributed by atoms with Crippen molar-refractivity contribution >= 4 is 23.1 Å². The lowest BCUT2D eigenvalue weighted by Gasteiger charge is -2.33. The largest absolute Gasteiger partial charge is 0.456 e. The third-order valence-corrected chi connectivity index (χ3v) is 5.54. The van der Waals surface area contributed by atoms with Crippen molar-refractivity contribution in [2.75, 3.05) is 5.32 Å². The fourth-order valence-electron chi connectivity index (χ4n) is 3.04. The molecule has 0 aliphatic carbocycles. The Labute approximate surface area is 169 Å². The zero-order chi connectivity index (χ0) is 20.5. The molecule has 1 amide bonds. The SMILES string of the molecule is CCC1=C(N)Nc2cc(C(C)(NC(=O)OC(C)(C)C)c3cccs3)ccc2O1. The third kappa shape index (κ3) is 4.09. The number of benzene rings is 1. The highest BCUT2D eigenvalue weighted by Gasteiger charge is 2.34. The summed E-state index contributed by atoms with van der Waals surface area (Å²) in [4.78, 5) is 13.6. The highest BCUT2D eigenvalue weighted by molar-refractivity contribution is 7.10. The molecule has 1 aliphatic heterocycles. The summed E-state index contributed by atoms with van der Waals surface area (Å²) >= 11 is 1.57. The maximum absolute atomic E-state index is 12.6. The van der Waals surface area contributed by atoms with Gasteiger partial charge in [-0.25, -0.2) is 4.79 Å². The molecule has 6 nitrogen and oxygen atoms in total. The van der Waals surface area contributed by atoms with Gasteiger partial charge in [0, 0.05) is 11.3 Å². The normalized spacial score (nSPS) is 15.8. The van der Waals surface area contributed by atoms with Crippen molar-refractivity contribution in [2.45, 2.75) is 52.2 Å². The van der Waals surface area contributed by atoms with Gasteiger partial charge in [0.05, 0.1) is 5.69 Å². The molecule has 1 unspecified atom stereocenters. The number of anilines is 1. The maximum Gasteiger partial charge on any atom is 0.408 e. The van der Waals surface area contributed by atoms with E-state index in [1.807, 2.05) is 70.3 Å². The van der Waals surface area contributed by atoms with Crippen molar-refractivity contribution in [1.82, 2.24) is 5.32 Å². The summed E-state index contributed by atoms with van der Waals surface area (Å²) in [7, 11) is 0. The zero-order valence-corrected chi connectivity index (χ0v) is 17.7. The first kappa shape index (κ1) is 20.1. The first-order chi connectivity index (χ1) is 13.1. The number of carbonyl (C=O) groups is 1. The molecule has 0 spiro atoms. The quantitative estimate of drug-likeness (QED) is 0.680. The second-order valence-corrected chi connectivity index (χ2v) is 8.81. The van der Waals surface area contributed by atoms with E-state index < -0.39 is 17.2 Å². The number of rotatable bonds is 4. The lowest BCUT2D eigenvalue weighted by Crippen LogP contribution is -2.46. The van der Waals surface area contributed by atoms with E-state index in [1.54, 1.807) is 11.3 Å². The highest BCUT2D eigenvalue weighted by Crippen LogP contribution is 2.39. The number of hydrogen-bond donors (Lipinski definition) is 3.